The summed E-state index contributed by atoms with van der Waals surface area (Å²) in [6, 6.07) is 6.15. The second-order valence-corrected chi connectivity index (χ2v) is 6.12. The summed E-state index contributed by atoms with van der Waals surface area (Å²) in [5.41, 5.74) is 2.46. The molecule has 1 unspecified atom stereocenters. The smallest absolute Gasteiger partial charge is 0.317 e. The third-order valence-electron chi connectivity index (χ3n) is 3.79. The largest absolute Gasteiger partial charge is 0.493 e. The van der Waals surface area contributed by atoms with Gasteiger partial charge in [-0.1, -0.05) is 12.1 Å². The molecule has 2 rings (SSSR count). The van der Waals surface area contributed by atoms with Crippen molar-refractivity contribution >= 4 is 6.03 Å². The highest BCUT2D eigenvalue weighted by atomic mass is 16.5. The van der Waals surface area contributed by atoms with E-state index in [0.29, 0.717) is 13.1 Å². The Morgan fingerprint density at radius 2 is 2.18 bits per heavy atom. The minimum absolute atomic E-state index is 0.0618. The zero-order valence-corrected chi connectivity index (χ0v) is 13.6. The lowest BCUT2D eigenvalue weighted by atomic mass is 10.1. The SMILES string of the molecule is CC(O)CN(C(=O)NCCc1ccc2c(c1)CCO2)C(C)C. The van der Waals surface area contributed by atoms with Crippen molar-refractivity contribution in [3.63, 3.8) is 0 Å². The first kappa shape index (κ1) is 16.6. The maximum Gasteiger partial charge on any atom is 0.317 e. The summed E-state index contributed by atoms with van der Waals surface area (Å²) in [6.45, 7) is 7.28. The second kappa shape index (κ2) is 7.49. The molecule has 22 heavy (non-hydrogen) atoms. The lowest BCUT2D eigenvalue weighted by molar-refractivity contribution is 0.119. The molecule has 1 aromatic rings. The number of nitrogens with one attached hydrogen (secondary N) is 1. The van der Waals surface area contributed by atoms with Crippen LogP contribution in [0.15, 0.2) is 18.2 Å². The number of carbonyl (C=O) groups is 1. The van der Waals surface area contributed by atoms with Crippen LogP contribution in [0.2, 0.25) is 0 Å². The fourth-order valence-electron chi connectivity index (χ4n) is 2.62. The van der Waals surface area contributed by atoms with Crippen molar-refractivity contribution in [3.8, 4) is 5.75 Å². The van der Waals surface area contributed by atoms with Gasteiger partial charge in [-0.25, -0.2) is 4.79 Å². The van der Waals surface area contributed by atoms with Gasteiger partial charge in [0, 0.05) is 25.6 Å². The van der Waals surface area contributed by atoms with E-state index in [-0.39, 0.29) is 12.1 Å². The van der Waals surface area contributed by atoms with E-state index in [1.165, 1.54) is 11.1 Å². The number of nitrogens with zero attached hydrogens (tertiary/aromatic N) is 1. The average Bonchev–Trinajstić information content (AvgIpc) is 2.91. The predicted molar refractivity (Wildman–Crippen MR) is 86.3 cm³/mol. The normalized spacial score (nSPS) is 14.4. The monoisotopic (exact) mass is 306 g/mol. The molecule has 5 heteroatoms. The Hall–Kier alpha value is -1.75. The molecule has 1 aliphatic heterocycles. The van der Waals surface area contributed by atoms with Gasteiger partial charge in [0.1, 0.15) is 5.75 Å². The molecule has 0 aromatic heterocycles. The van der Waals surface area contributed by atoms with Crippen LogP contribution < -0.4 is 10.1 Å². The van der Waals surface area contributed by atoms with Crippen molar-refractivity contribution in [3.05, 3.63) is 29.3 Å². The molecule has 0 fully saturated rings. The van der Waals surface area contributed by atoms with Gasteiger partial charge in [0.05, 0.1) is 12.7 Å². The van der Waals surface area contributed by atoms with Crippen LogP contribution >= 0.6 is 0 Å². The average molecular weight is 306 g/mol. The maximum absolute atomic E-state index is 12.2. The number of carbonyl (C=O) groups excluding carboxylic acids is 1. The molecule has 122 valence electrons. The van der Waals surface area contributed by atoms with Gasteiger partial charge in [-0.15, -0.1) is 0 Å². The second-order valence-electron chi connectivity index (χ2n) is 6.12. The van der Waals surface area contributed by atoms with E-state index in [0.717, 1.165) is 25.2 Å². The lowest BCUT2D eigenvalue weighted by Crippen LogP contribution is -2.47. The summed E-state index contributed by atoms with van der Waals surface area (Å²) >= 11 is 0. The molecule has 0 saturated heterocycles. The summed E-state index contributed by atoms with van der Waals surface area (Å²) in [5, 5.41) is 12.4. The first-order valence-electron chi connectivity index (χ1n) is 7.94. The maximum atomic E-state index is 12.2. The van der Waals surface area contributed by atoms with Gasteiger partial charge in [-0.3, -0.25) is 0 Å². The lowest BCUT2D eigenvalue weighted by Gasteiger charge is -2.28. The van der Waals surface area contributed by atoms with Crippen molar-refractivity contribution < 1.29 is 14.6 Å². The molecular formula is C17H26N2O3. The minimum Gasteiger partial charge on any atom is -0.493 e. The number of rotatable bonds is 6. The topological polar surface area (TPSA) is 61.8 Å². The number of hydrogen-bond donors (Lipinski definition) is 2. The van der Waals surface area contributed by atoms with E-state index in [4.69, 9.17) is 4.74 Å². The first-order valence-corrected chi connectivity index (χ1v) is 7.94. The third-order valence-corrected chi connectivity index (χ3v) is 3.79. The number of benzene rings is 1. The van der Waals surface area contributed by atoms with Crippen LogP contribution in [0.3, 0.4) is 0 Å². The summed E-state index contributed by atoms with van der Waals surface area (Å²) in [5.74, 6) is 0.982. The Kier molecular flexibility index (Phi) is 5.66. The van der Waals surface area contributed by atoms with E-state index in [9.17, 15) is 9.90 Å². The highest BCUT2D eigenvalue weighted by Gasteiger charge is 2.18. The number of aliphatic hydroxyl groups is 1. The van der Waals surface area contributed by atoms with Gasteiger partial charge in [0.25, 0.3) is 0 Å². The molecule has 0 saturated carbocycles. The molecular weight excluding hydrogens is 280 g/mol. The van der Waals surface area contributed by atoms with Crippen LogP contribution in [0.5, 0.6) is 5.75 Å². The zero-order valence-electron chi connectivity index (χ0n) is 13.6. The van der Waals surface area contributed by atoms with Gasteiger partial charge in [-0.05, 0) is 44.4 Å². The summed E-state index contributed by atoms with van der Waals surface area (Å²) < 4.78 is 5.49. The van der Waals surface area contributed by atoms with E-state index >= 15 is 0 Å². The zero-order chi connectivity index (χ0) is 16.1. The van der Waals surface area contributed by atoms with Crippen molar-refractivity contribution in [1.29, 1.82) is 0 Å². The Morgan fingerprint density at radius 3 is 2.86 bits per heavy atom. The van der Waals surface area contributed by atoms with Crippen molar-refractivity contribution in [1.82, 2.24) is 10.2 Å². The molecule has 0 bridgehead atoms. The Balaban J connectivity index is 1.83. The van der Waals surface area contributed by atoms with Crippen molar-refractivity contribution in [2.45, 2.75) is 45.8 Å². The molecule has 0 aliphatic carbocycles. The summed E-state index contributed by atoms with van der Waals surface area (Å²) in [7, 11) is 0. The van der Waals surface area contributed by atoms with E-state index in [1.54, 1.807) is 11.8 Å². The van der Waals surface area contributed by atoms with Gasteiger partial charge < -0.3 is 20.1 Å². The fourth-order valence-corrected chi connectivity index (χ4v) is 2.62. The third kappa shape index (κ3) is 4.37. The predicted octanol–water partition coefficient (Wildman–Crippen LogP) is 1.96. The molecule has 0 radical (unpaired) electrons. The molecule has 1 heterocycles. The number of aliphatic hydroxyl groups excluding tert-OH is 1. The first-order chi connectivity index (χ1) is 10.5. The Labute approximate surface area is 132 Å². The number of hydrogen-bond acceptors (Lipinski definition) is 3. The van der Waals surface area contributed by atoms with Crippen LogP contribution in [-0.2, 0) is 12.8 Å². The fraction of sp³-hybridized carbons (Fsp3) is 0.588. The number of urea groups is 1. The van der Waals surface area contributed by atoms with Crippen molar-refractivity contribution in [2.24, 2.45) is 0 Å². The van der Waals surface area contributed by atoms with Gasteiger partial charge in [0.15, 0.2) is 0 Å². The summed E-state index contributed by atoms with van der Waals surface area (Å²) in [6.07, 6.45) is 1.23. The van der Waals surface area contributed by atoms with Crippen LogP contribution in [0.25, 0.3) is 0 Å². The van der Waals surface area contributed by atoms with Gasteiger partial charge in [-0.2, -0.15) is 0 Å². The highest BCUT2D eigenvalue weighted by Crippen LogP contribution is 2.25. The van der Waals surface area contributed by atoms with Crippen LogP contribution in [0, 0.1) is 0 Å². The molecule has 1 aromatic carbocycles. The molecule has 1 aliphatic rings. The molecule has 5 nitrogen and oxygen atoms in total. The van der Waals surface area contributed by atoms with Gasteiger partial charge in [0.2, 0.25) is 0 Å². The standard InChI is InChI=1S/C17H26N2O3/c1-12(2)19(11-13(3)20)17(21)18-8-6-14-4-5-16-15(10-14)7-9-22-16/h4-5,10,12-13,20H,6-9,11H2,1-3H3,(H,18,21). The summed E-state index contributed by atoms with van der Waals surface area (Å²) in [4.78, 5) is 13.8. The molecule has 2 N–H and O–H groups in total. The Bertz CT molecular complexity index is 515. The Morgan fingerprint density at radius 1 is 1.41 bits per heavy atom. The number of fused-ring (bicyclic) bond motifs is 1. The van der Waals surface area contributed by atoms with E-state index < -0.39 is 6.10 Å². The number of amides is 2. The molecule has 0 spiro atoms. The molecule has 1 atom stereocenters. The van der Waals surface area contributed by atoms with Gasteiger partial charge >= 0.3 is 6.03 Å². The van der Waals surface area contributed by atoms with E-state index in [2.05, 4.69) is 11.4 Å². The van der Waals surface area contributed by atoms with Crippen LogP contribution in [-0.4, -0.2) is 47.9 Å². The van der Waals surface area contributed by atoms with E-state index in [1.807, 2.05) is 26.0 Å². The highest BCUT2D eigenvalue weighted by molar-refractivity contribution is 5.74. The van der Waals surface area contributed by atoms with Crippen LogP contribution in [0.1, 0.15) is 31.9 Å². The number of ether oxygens (including phenoxy) is 1. The minimum atomic E-state index is -0.523. The quantitative estimate of drug-likeness (QED) is 0.844. The molecule has 2 amide bonds. The van der Waals surface area contributed by atoms with Crippen LogP contribution in [0.4, 0.5) is 4.79 Å². The van der Waals surface area contributed by atoms with Crippen molar-refractivity contribution in [2.75, 3.05) is 19.7 Å².